The summed E-state index contributed by atoms with van der Waals surface area (Å²) in [6.45, 7) is 6.71. The summed E-state index contributed by atoms with van der Waals surface area (Å²) >= 11 is 0. The number of carbonyl (C=O) groups excluding carboxylic acids is 1. The molecule has 5 heteroatoms. The molecule has 1 amide bonds. The largest absolute Gasteiger partial charge is 0.444 e. The summed E-state index contributed by atoms with van der Waals surface area (Å²) < 4.78 is 5.32. The van der Waals surface area contributed by atoms with Gasteiger partial charge in [0.05, 0.1) is 6.61 Å². The van der Waals surface area contributed by atoms with Gasteiger partial charge < -0.3 is 20.5 Å². The van der Waals surface area contributed by atoms with Crippen molar-refractivity contribution in [1.29, 1.82) is 0 Å². The fraction of sp³-hybridized carbons (Fsp3) is 0.917. The maximum atomic E-state index is 11.9. The molecule has 0 saturated carbocycles. The van der Waals surface area contributed by atoms with E-state index < -0.39 is 11.1 Å². The molecule has 100 valence electrons. The first-order valence-electron chi connectivity index (χ1n) is 6.13. The molecule has 1 fully saturated rings. The molecular weight excluding hydrogens is 220 g/mol. The van der Waals surface area contributed by atoms with E-state index in [4.69, 9.17) is 10.5 Å². The standard InChI is InChI=1S/C12H24N2O3/c1-11(2,3)17-10(16)14-7-4-5-12(13,9-15)6-8-14/h15H,4-9,13H2,1-3H3. The number of rotatable bonds is 1. The van der Waals surface area contributed by atoms with Crippen LogP contribution in [-0.4, -0.2) is 46.9 Å². The molecule has 1 aliphatic rings. The van der Waals surface area contributed by atoms with E-state index in [9.17, 15) is 9.90 Å². The average Bonchev–Trinajstić information content (AvgIpc) is 2.39. The van der Waals surface area contributed by atoms with E-state index in [1.807, 2.05) is 20.8 Å². The molecule has 1 atom stereocenters. The van der Waals surface area contributed by atoms with Gasteiger partial charge in [-0.25, -0.2) is 4.79 Å². The summed E-state index contributed by atoms with van der Waals surface area (Å²) in [5.74, 6) is 0. The fourth-order valence-electron chi connectivity index (χ4n) is 1.88. The summed E-state index contributed by atoms with van der Waals surface area (Å²) in [7, 11) is 0. The third-order valence-electron chi connectivity index (χ3n) is 2.95. The van der Waals surface area contributed by atoms with Gasteiger partial charge in [-0.15, -0.1) is 0 Å². The molecule has 0 radical (unpaired) electrons. The summed E-state index contributed by atoms with van der Waals surface area (Å²) in [5.41, 5.74) is 5.00. The zero-order chi connectivity index (χ0) is 13.1. The van der Waals surface area contributed by atoms with Crippen molar-refractivity contribution >= 4 is 6.09 Å². The second-order valence-electron chi connectivity index (χ2n) is 5.84. The van der Waals surface area contributed by atoms with Gasteiger partial charge in [0.1, 0.15) is 5.60 Å². The Morgan fingerprint density at radius 3 is 2.59 bits per heavy atom. The number of hydrogen-bond acceptors (Lipinski definition) is 4. The molecule has 3 N–H and O–H groups in total. The van der Waals surface area contributed by atoms with Gasteiger partial charge in [0.2, 0.25) is 0 Å². The molecule has 0 aromatic rings. The number of carbonyl (C=O) groups is 1. The molecule has 1 saturated heterocycles. The Hall–Kier alpha value is -0.810. The first-order valence-corrected chi connectivity index (χ1v) is 6.13. The number of nitrogens with zero attached hydrogens (tertiary/aromatic N) is 1. The van der Waals surface area contributed by atoms with Crippen molar-refractivity contribution in [2.75, 3.05) is 19.7 Å². The number of ether oxygens (including phenoxy) is 1. The normalized spacial score (nSPS) is 26.5. The van der Waals surface area contributed by atoms with E-state index >= 15 is 0 Å². The molecule has 1 aliphatic heterocycles. The molecule has 1 heterocycles. The number of amides is 1. The van der Waals surface area contributed by atoms with Crippen LogP contribution in [0, 0.1) is 0 Å². The van der Waals surface area contributed by atoms with Crippen LogP contribution in [0.1, 0.15) is 40.0 Å². The molecule has 0 aliphatic carbocycles. The third-order valence-corrected chi connectivity index (χ3v) is 2.95. The van der Waals surface area contributed by atoms with Crippen molar-refractivity contribution in [3.63, 3.8) is 0 Å². The van der Waals surface area contributed by atoms with Gasteiger partial charge in [-0.05, 0) is 40.0 Å². The lowest BCUT2D eigenvalue weighted by atomic mass is 9.93. The Morgan fingerprint density at radius 1 is 1.41 bits per heavy atom. The maximum Gasteiger partial charge on any atom is 0.410 e. The van der Waals surface area contributed by atoms with E-state index in [0.29, 0.717) is 19.5 Å². The molecule has 17 heavy (non-hydrogen) atoms. The minimum absolute atomic E-state index is 0.0326. The second kappa shape index (κ2) is 5.23. The smallest absolute Gasteiger partial charge is 0.410 e. The average molecular weight is 244 g/mol. The molecule has 1 unspecified atom stereocenters. The van der Waals surface area contributed by atoms with Gasteiger partial charge in [0, 0.05) is 18.6 Å². The minimum atomic E-state index is -0.545. The van der Waals surface area contributed by atoms with E-state index in [1.165, 1.54) is 0 Å². The Morgan fingerprint density at radius 2 is 2.06 bits per heavy atom. The molecule has 0 aromatic heterocycles. The summed E-state index contributed by atoms with van der Waals surface area (Å²) in [4.78, 5) is 13.5. The highest BCUT2D eigenvalue weighted by Gasteiger charge is 2.31. The van der Waals surface area contributed by atoms with Crippen LogP contribution in [-0.2, 0) is 4.74 Å². The van der Waals surface area contributed by atoms with Crippen LogP contribution in [0.25, 0.3) is 0 Å². The van der Waals surface area contributed by atoms with Crippen LogP contribution >= 0.6 is 0 Å². The number of hydrogen-bond donors (Lipinski definition) is 2. The highest BCUT2D eigenvalue weighted by atomic mass is 16.6. The highest BCUT2D eigenvalue weighted by Crippen LogP contribution is 2.20. The molecule has 0 aromatic carbocycles. The van der Waals surface area contributed by atoms with E-state index in [2.05, 4.69) is 0 Å². The lowest BCUT2D eigenvalue weighted by molar-refractivity contribution is 0.0252. The lowest BCUT2D eigenvalue weighted by Crippen LogP contribution is -2.45. The predicted molar refractivity (Wildman–Crippen MR) is 65.7 cm³/mol. The SMILES string of the molecule is CC(C)(C)OC(=O)N1CCCC(N)(CO)CC1. The van der Waals surface area contributed by atoms with Gasteiger partial charge in [-0.3, -0.25) is 0 Å². The minimum Gasteiger partial charge on any atom is -0.444 e. The summed E-state index contributed by atoms with van der Waals surface area (Å²) in [5, 5.41) is 9.23. The van der Waals surface area contributed by atoms with Crippen molar-refractivity contribution < 1.29 is 14.6 Å². The quantitative estimate of drug-likeness (QED) is 0.724. The topological polar surface area (TPSA) is 75.8 Å². The second-order valence-corrected chi connectivity index (χ2v) is 5.84. The Bertz CT molecular complexity index is 275. The molecule has 0 bridgehead atoms. The summed E-state index contributed by atoms with van der Waals surface area (Å²) in [6, 6.07) is 0. The van der Waals surface area contributed by atoms with E-state index in [-0.39, 0.29) is 12.7 Å². The van der Waals surface area contributed by atoms with Crippen LogP contribution in [0.3, 0.4) is 0 Å². The first kappa shape index (κ1) is 14.3. The Labute approximate surface area is 103 Å². The van der Waals surface area contributed by atoms with Crippen LogP contribution < -0.4 is 5.73 Å². The monoisotopic (exact) mass is 244 g/mol. The van der Waals surface area contributed by atoms with Crippen LogP contribution in [0.15, 0.2) is 0 Å². The Balaban J connectivity index is 2.54. The fourth-order valence-corrected chi connectivity index (χ4v) is 1.88. The van der Waals surface area contributed by atoms with Gasteiger partial charge >= 0.3 is 6.09 Å². The predicted octanol–water partition coefficient (Wildman–Crippen LogP) is 1.10. The van der Waals surface area contributed by atoms with Gasteiger partial charge in [-0.2, -0.15) is 0 Å². The summed E-state index contributed by atoms with van der Waals surface area (Å²) in [6.07, 6.45) is 1.86. The van der Waals surface area contributed by atoms with Crippen molar-refractivity contribution in [2.45, 2.75) is 51.2 Å². The van der Waals surface area contributed by atoms with Gasteiger partial charge in [-0.1, -0.05) is 0 Å². The van der Waals surface area contributed by atoms with Crippen LogP contribution in [0.5, 0.6) is 0 Å². The molecular formula is C12H24N2O3. The molecule has 5 nitrogen and oxygen atoms in total. The van der Waals surface area contributed by atoms with Crippen molar-refractivity contribution in [3.8, 4) is 0 Å². The van der Waals surface area contributed by atoms with Gasteiger partial charge in [0.15, 0.2) is 0 Å². The number of aliphatic hydroxyl groups excluding tert-OH is 1. The number of likely N-dealkylation sites (tertiary alicyclic amines) is 1. The zero-order valence-electron chi connectivity index (χ0n) is 11.0. The third kappa shape index (κ3) is 4.52. The van der Waals surface area contributed by atoms with E-state index in [1.54, 1.807) is 4.90 Å². The van der Waals surface area contributed by atoms with Crippen LogP contribution in [0.2, 0.25) is 0 Å². The first-order chi connectivity index (χ1) is 7.76. The lowest BCUT2D eigenvalue weighted by Gasteiger charge is -2.27. The highest BCUT2D eigenvalue weighted by molar-refractivity contribution is 5.68. The van der Waals surface area contributed by atoms with Crippen molar-refractivity contribution in [3.05, 3.63) is 0 Å². The molecule has 0 spiro atoms. The molecule has 1 rings (SSSR count). The zero-order valence-corrected chi connectivity index (χ0v) is 11.0. The Kier molecular flexibility index (Phi) is 4.38. The number of nitrogens with two attached hydrogens (primary N) is 1. The van der Waals surface area contributed by atoms with Crippen molar-refractivity contribution in [1.82, 2.24) is 4.90 Å². The van der Waals surface area contributed by atoms with Gasteiger partial charge in [0.25, 0.3) is 0 Å². The van der Waals surface area contributed by atoms with E-state index in [0.717, 1.165) is 12.8 Å². The maximum absolute atomic E-state index is 11.9. The van der Waals surface area contributed by atoms with Crippen LogP contribution in [0.4, 0.5) is 4.79 Å². The van der Waals surface area contributed by atoms with Crippen molar-refractivity contribution in [2.24, 2.45) is 5.73 Å². The number of aliphatic hydroxyl groups is 1.